The van der Waals surface area contributed by atoms with E-state index in [0.717, 1.165) is 10.7 Å². The number of aromatic carboxylic acids is 1. The number of carboxylic acid groups (broad SMARTS) is 1. The summed E-state index contributed by atoms with van der Waals surface area (Å²) in [6.45, 7) is 0. The quantitative estimate of drug-likeness (QED) is 0.923. The van der Waals surface area contributed by atoms with E-state index < -0.39 is 11.5 Å². The molecular weight excluding hydrogens is 272 g/mol. The number of hydrogen-bond acceptors (Lipinski definition) is 4. The first-order valence-corrected chi connectivity index (χ1v) is 5.58. The second-order valence-corrected chi connectivity index (χ2v) is 4.03. The highest BCUT2D eigenvalue weighted by Crippen LogP contribution is 2.16. The van der Waals surface area contributed by atoms with Crippen LogP contribution >= 0.6 is 11.6 Å². The van der Waals surface area contributed by atoms with Crippen molar-refractivity contribution in [2.75, 3.05) is 7.11 Å². The van der Waals surface area contributed by atoms with Gasteiger partial charge in [0.1, 0.15) is 0 Å². The van der Waals surface area contributed by atoms with Crippen molar-refractivity contribution < 1.29 is 14.6 Å². The molecule has 0 spiro atoms. The summed E-state index contributed by atoms with van der Waals surface area (Å²) < 4.78 is 5.78. The molecule has 19 heavy (non-hydrogen) atoms. The molecule has 0 fully saturated rings. The predicted molar refractivity (Wildman–Crippen MR) is 68.4 cm³/mol. The number of benzene rings is 1. The van der Waals surface area contributed by atoms with Crippen LogP contribution in [0.25, 0.3) is 5.69 Å². The summed E-state index contributed by atoms with van der Waals surface area (Å²) in [6, 6.07) is 7.44. The summed E-state index contributed by atoms with van der Waals surface area (Å²) in [6.07, 6.45) is 0. The van der Waals surface area contributed by atoms with Crippen molar-refractivity contribution in [3.05, 3.63) is 51.4 Å². The number of aromatic nitrogens is 2. The molecule has 0 saturated heterocycles. The molecule has 0 atom stereocenters. The fourth-order valence-electron chi connectivity index (χ4n) is 1.54. The summed E-state index contributed by atoms with van der Waals surface area (Å²) in [5.41, 5.74) is -0.478. The number of halogens is 1. The Bertz CT molecular complexity index is 696. The fourth-order valence-corrected chi connectivity index (χ4v) is 1.72. The first kappa shape index (κ1) is 13.1. The second-order valence-electron chi connectivity index (χ2n) is 3.60. The normalized spacial score (nSPS) is 10.2. The predicted octanol–water partition coefficient (Wildman–Crippen LogP) is 1.59. The van der Waals surface area contributed by atoms with Gasteiger partial charge in [-0.15, -0.1) is 0 Å². The summed E-state index contributed by atoms with van der Waals surface area (Å²) in [7, 11) is 1.27. The lowest BCUT2D eigenvalue weighted by atomic mass is 10.3. The summed E-state index contributed by atoms with van der Waals surface area (Å²) in [5.74, 6) is -1.37. The molecule has 0 aliphatic rings. The third-order valence-corrected chi connectivity index (χ3v) is 2.61. The maximum Gasteiger partial charge on any atom is 0.360 e. The smallest absolute Gasteiger partial charge is 0.360 e. The lowest BCUT2D eigenvalue weighted by molar-refractivity contribution is 0.0684. The van der Waals surface area contributed by atoms with Gasteiger partial charge in [0.05, 0.1) is 18.9 Å². The van der Waals surface area contributed by atoms with E-state index in [1.165, 1.54) is 13.2 Å². The zero-order chi connectivity index (χ0) is 14.0. The van der Waals surface area contributed by atoms with E-state index in [-0.39, 0.29) is 11.4 Å². The summed E-state index contributed by atoms with van der Waals surface area (Å²) in [5, 5.41) is 13.2. The van der Waals surface area contributed by atoms with Crippen molar-refractivity contribution in [3.63, 3.8) is 0 Å². The SMILES string of the molecule is COc1cc(=O)n(-c2cccc(Cl)c2)nc1C(=O)O. The van der Waals surface area contributed by atoms with E-state index in [1.54, 1.807) is 18.2 Å². The molecule has 0 amide bonds. The lowest BCUT2D eigenvalue weighted by Crippen LogP contribution is -2.24. The van der Waals surface area contributed by atoms with Crippen LogP contribution in [0.2, 0.25) is 5.02 Å². The van der Waals surface area contributed by atoms with Gasteiger partial charge in [0.15, 0.2) is 5.75 Å². The molecule has 1 aromatic heterocycles. The Morgan fingerprint density at radius 1 is 1.42 bits per heavy atom. The molecule has 0 bridgehead atoms. The largest absolute Gasteiger partial charge is 0.494 e. The van der Waals surface area contributed by atoms with Gasteiger partial charge in [-0.25, -0.2) is 4.79 Å². The zero-order valence-corrected chi connectivity index (χ0v) is 10.6. The molecule has 0 aliphatic carbocycles. The fraction of sp³-hybridized carbons (Fsp3) is 0.0833. The standard InChI is InChI=1S/C12H9ClN2O4/c1-19-9-6-10(16)15(14-11(9)12(17)18)8-4-2-3-7(13)5-8/h2-6H,1H3,(H,17,18). The number of carboxylic acids is 1. The third kappa shape index (κ3) is 2.58. The molecule has 7 heteroatoms. The van der Waals surface area contributed by atoms with Crippen LogP contribution in [0, 0.1) is 0 Å². The number of rotatable bonds is 3. The molecule has 0 radical (unpaired) electrons. The minimum absolute atomic E-state index is 0.0872. The molecule has 1 heterocycles. The molecule has 1 aromatic carbocycles. The van der Waals surface area contributed by atoms with E-state index in [9.17, 15) is 9.59 Å². The van der Waals surface area contributed by atoms with Gasteiger partial charge >= 0.3 is 5.97 Å². The second kappa shape index (κ2) is 5.11. The highest BCUT2D eigenvalue weighted by atomic mass is 35.5. The summed E-state index contributed by atoms with van der Waals surface area (Å²) >= 11 is 5.82. The van der Waals surface area contributed by atoms with Crippen LogP contribution in [0.15, 0.2) is 35.1 Å². The lowest BCUT2D eigenvalue weighted by Gasteiger charge is -2.08. The van der Waals surface area contributed by atoms with Crippen molar-refractivity contribution in [1.29, 1.82) is 0 Å². The number of ether oxygens (including phenoxy) is 1. The van der Waals surface area contributed by atoms with Gasteiger partial charge in [-0.3, -0.25) is 4.79 Å². The average molecular weight is 281 g/mol. The highest BCUT2D eigenvalue weighted by Gasteiger charge is 2.16. The maximum absolute atomic E-state index is 11.9. The zero-order valence-electron chi connectivity index (χ0n) is 9.83. The Kier molecular flexibility index (Phi) is 3.52. The Balaban J connectivity index is 2.68. The van der Waals surface area contributed by atoms with Crippen LogP contribution in [-0.2, 0) is 0 Å². The van der Waals surface area contributed by atoms with Crippen LogP contribution < -0.4 is 10.3 Å². The highest BCUT2D eigenvalue weighted by molar-refractivity contribution is 6.30. The van der Waals surface area contributed by atoms with Crippen molar-refractivity contribution in [1.82, 2.24) is 9.78 Å². The molecule has 1 N–H and O–H groups in total. The first-order valence-electron chi connectivity index (χ1n) is 5.20. The minimum atomic E-state index is -1.28. The molecular formula is C12H9ClN2O4. The molecule has 2 rings (SSSR count). The molecule has 0 saturated carbocycles. The van der Waals surface area contributed by atoms with Crippen LogP contribution in [0.1, 0.15) is 10.5 Å². The Morgan fingerprint density at radius 3 is 2.74 bits per heavy atom. The van der Waals surface area contributed by atoms with E-state index in [1.807, 2.05) is 0 Å². The van der Waals surface area contributed by atoms with Crippen molar-refractivity contribution >= 4 is 17.6 Å². The topological polar surface area (TPSA) is 81.4 Å². The molecule has 0 aliphatic heterocycles. The van der Waals surface area contributed by atoms with Gasteiger partial charge < -0.3 is 9.84 Å². The van der Waals surface area contributed by atoms with Crippen LogP contribution in [-0.4, -0.2) is 28.0 Å². The van der Waals surface area contributed by atoms with Gasteiger partial charge in [-0.05, 0) is 18.2 Å². The van der Waals surface area contributed by atoms with Crippen molar-refractivity contribution in [2.45, 2.75) is 0 Å². The van der Waals surface area contributed by atoms with Gasteiger partial charge in [-0.2, -0.15) is 9.78 Å². The minimum Gasteiger partial charge on any atom is -0.494 e. The molecule has 98 valence electrons. The van der Waals surface area contributed by atoms with E-state index >= 15 is 0 Å². The number of methoxy groups -OCH3 is 1. The summed E-state index contributed by atoms with van der Waals surface area (Å²) in [4.78, 5) is 22.9. The maximum atomic E-state index is 11.9. The Labute approximate surface area is 112 Å². The van der Waals surface area contributed by atoms with Crippen LogP contribution in [0.3, 0.4) is 0 Å². The van der Waals surface area contributed by atoms with Crippen molar-refractivity contribution in [3.8, 4) is 11.4 Å². The number of carbonyl (C=O) groups is 1. The Hall–Kier alpha value is -2.34. The van der Waals surface area contributed by atoms with Crippen LogP contribution in [0.4, 0.5) is 0 Å². The van der Waals surface area contributed by atoms with Gasteiger partial charge in [-0.1, -0.05) is 17.7 Å². The molecule has 6 nitrogen and oxygen atoms in total. The average Bonchev–Trinajstić information content (AvgIpc) is 2.37. The van der Waals surface area contributed by atoms with Crippen LogP contribution in [0.5, 0.6) is 5.75 Å². The van der Waals surface area contributed by atoms with Crippen molar-refractivity contribution in [2.24, 2.45) is 0 Å². The van der Waals surface area contributed by atoms with E-state index in [2.05, 4.69) is 5.10 Å². The third-order valence-electron chi connectivity index (χ3n) is 2.37. The van der Waals surface area contributed by atoms with Gasteiger partial charge in [0, 0.05) is 5.02 Å². The van der Waals surface area contributed by atoms with E-state index in [4.69, 9.17) is 21.4 Å². The first-order chi connectivity index (χ1) is 9.02. The van der Waals surface area contributed by atoms with E-state index in [0.29, 0.717) is 10.7 Å². The number of nitrogens with zero attached hydrogens (tertiary/aromatic N) is 2. The molecule has 0 unspecified atom stereocenters. The molecule has 2 aromatic rings. The van der Waals surface area contributed by atoms with Gasteiger partial charge in [0.2, 0.25) is 5.69 Å². The Morgan fingerprint density at radius 2 is 2.16 bits per heavy atom. The monoisotopic (exact) mass is 280 g/mol. The number of hydrogen-bond donors (Lipinski definition) is 1. The van der Waals surface area contributed by atoms with Gasteiger partial charge in [0.25, 0.3) is 5.56 Å².